The number of aromatic nitrogens is 2. The number of hydrogen-bond donors (Lipinski definition) is 2. The molecule has 2 N–H and O–H groups in total. The van der Waals surface area contributed by atoms with Gasteiger partial charge in [-0.15, -0.1) is 11.3 Å². The number of aryl methyl sites for hydroxylation is 1. The molecule has 7 heteroatoms. The summed E-state index contributed by atoms with van der Waals surface area (Å²) < 4.78 is 1.70. The second-order valence-electron chi connectivity index (χ2n) is 10.6. The van der Waals surface area contributed by atoms with E-state index < -0.39 is 5.97 Å². The van der Waals surface area contributed by atoms with Crippen molar-refractivity contribution >= 4 is 28.9 Å². The van der Waals surface area contributed by atoms with Crippen molar-refractivity contribution in [2.75, 3.05) is 5.32 Å². The van der Waals surface area contributed by atoms with Crippen LogP contribution in [0.15, 0.2) is 108 Å². The first kappa shape index (κ1) is 25.2. The molecule has 202 valence electrons. The van der Waals surface area contributed by atoms with Gasteiger partial charge in [-0.05, 0) is 53.6 Å². The van der Waals surface area contributed by atoms with Crippen LogP contribution >= 0.6 is 11.3 Å². The zero-order valence-corrected chi connectivity index (χ0v) is 23.2. The number of benzene rings is 3. The molecule has 6 nitrogen and oxygen atoms in total. The van der Waals surface area contributed by atoms with Crippen molar-refractivity contribution < 1.29 is 14.7 Å². The Hall–Kier alpha value is -4.75. The highest BCUT2D eigenvalue weighted by atomic mass is 32.1. The number of Topliss-reactive ketones (excluding diaryl/α,β-unsaturated/α-hetero) is 1. The minimum Gasteiger partial charge on any atom is -0.478 e. The average molecular weight is 558 g/mol. The van der Waals surface area contributed by atoms with Gasteiger partial charge in [0.05, 0.1) is 16.9 Å². The second-order valence-corrected chi connectivity index (χ2v) is 11.5. The first-order valence-corrected chi connectivity index (χ1v) is 14.5. The fraction of sp³-hybridized carbons (Fsp3) is 0.147. The van der Waals surface area contributed by atoms with E-state index in [9.17, 15) is 14.7 Å². The van der Waals surface area contributed by atoms with Crippen LogP contribution in [0.5, 0.6) is 0 Å². The van der Waals surface area contributed by atoms with E-state index in [2.05, 4.69) is 53.2 Å². The normalized spacial score (nSPS) is 18.0. The lowest BCUT2D eigenvalue weighted by atomic mass is 9.73. The van der Waals surface area contributed by atoms with Crippen LogP contribution in [0.1, 0.15) is 56.7 Å². The standard InChI is InChI=1S/C34H27N3O3S/c1-20-30-31(23-15-13-22(14-16-23)21-8-3-2-4-9-21)32-26(18-24(19-28(32)38)29-12-7-17-41-29)35-33(30)37(36-20)27-11-6-5-10-25(27)34(39)40/h2-17,24,31,35H,18-19H2,1H3,(H,39,40)/t24-,31+/m1/s1. The van der Waals surface area contributed by atoms with Gasteiger partial charge in [-0.3, -0.25) is 4.79 Å². The molecule has 3 aromatic carbocycles. The number of hydrogen-bond acceptors (Lipinski definition) is 5. The number of anilines is 1. The van der Waals surface area contributed by atoms with E-state index in [1.807, 2.05) is 37.3 Å². The molecule has 0 saturated heterocycles. The largest absolute Gasteiger partial charge is 0.478 e. The molecule has 2 aliphatic rings. The summed E-state index contributed by atoms with van der Waals surface area (Å²) in [6.45, 7) is 1.93. The number of nitrogens with one attached hydrogen (secondary N) is 1. The SMILES string of the molecule is Cc1nn(-c2ccccc2C(=O)O)c2c1[C@H](c1ccc(-c3ccccc3)cc1)C1=C(C[C@@H](c3cccs3)CC1=O)N2. The lowest BCUT2D eigenvalue weighted by Crippen LogP contribution is -2.30. The molecule has 2 aromatic heterocycles. The molecule has 0 unspecified atom stereocenters. The van der Waals surface area contributed by atoms with Crippen LogP contribution in [-0.2, 0) is 4.79 Å². The molecule has 0 fully saturated rings. The van der Waals surface area contributed by atoms with Crippen LogP contribution in [0.25, 0.3) is 16.8 Å². The Labute approximate surface area is 241 Å². The molecule has 0 radical (unpaired) electrons. The number of ketones is 1. The van der Waals surface area contributed by atoms with Crippen LogP contribution in [0.2, 0.25) is 0 Å². The minimum atomic E-state index is -1.02. The van der Waals surface area contributed by atoms with Gasteiger partial charge in [0.2, 0.25) is 0 Å². The summed E-state index contributed by atoms with van der Waals surface area (Å²) in [5.74, 6) is -0.379. The molecule has 1 aliphatic heterocycles. The van der Waals surface area contributed by atoms with Gasteiger partial charge in [0.25, 0.3) is 0 Å². The zero-order chi connectivity index (χ0) is 28.1. The van der Waals surface area contributed by atoms with E-state index in [4.69, 9.17) is 5.10 Å². The fourth-order valence-corrected chi connectivity index (χ4v) is 7.08. The van der Waals surface area contributed by atoms with Gasteiger partial charge >= 0.3 is 5.97 Å². The summed E-state index contributed by atoms with van der Waals surface area (Å²) in [5, 5.41) is 20.4. The van der Waals surface area contributed by atoms with Gasteiger partial charge in [0.15, 0.2) is 5.78 Å². The number of carboxylic acid groups (broad SMARTS) is 1. The van der Waals surface area contributed by atoms with E-state index in [1.54, 1.807) is 34.2 Å². The first-order chi connectivity index (χ1) is 20.0. The van der Waals surface area contributed by atoms with Crippen LogP contribution in [0, 0.1) is 6.92 Å². The smallest absolute Gasteiger partial charge is 0.337 e. The number of aromatic carboxylic acids is 1. The topological polar surface area (TPSA) is 84.2 Å². The molecule has 41 heavy (non-hydrogen) atoms. The van der Waals surface area contributed by atoms with Crippen molar-refractivity contribution in [2.24, 2.45) is 0 Å². The fourth-order valence-electron chi connectivity index (χ4n) is 6.25. The molecule has 2 atom stereocenters. The van der Waals surface area contributed by atoms with E-state index >= 15 is 0 Å². The van der Waals surface area contributed by atoms with Gasteiger partial charge in [-0.25, -0.2) is 9.48 Å². The highest BCUT2D eigenvalue weighted by molar-refractivity contribution is 7.10. The predicted molar refractivity (Wildman–Crippen MR) is 161 cm³/mol. The number of carbonyl (C=O) groups excluding carboxylic acids is 1. The van der Waals surface area contributed by atoms with Gasteiger partial charge in [-0.2, -0.15) is 5.10 Å². The number of fused-ring (bicyclic) bond motifs is 1. The quantitative estimate of drug-likeness (QED) is 0.233. The number of para-hydroxylation sites is 1. The van der Waals surface area contributed by atoms with Crippen molar-refractivity contribution in [1.29, 1.82) is 0 Å². The Balaban J connectivity index is 1.40. The van der Waals surface area contributed by atoms with Crippen LogP contribution in [0.3, 0.4) is 0 Å². The molecule has 7 rings (SSSR count). The maximum absolute atomic E-state index is 13.9. The molecule has 0 bridgehead atoms. The molecule has 1 aliphatic carbocycles. The molecule has 0 amide bonds. The highest BCUT2D eigenvalue weighted by Crippen LogP contribution is 2.50. The van der Waals surface area contributed by atoms with Crippen molar-refractivity contribution in [3.63, 3.8) is 0 Å². The summed E-state index contributed by atoms with van der Waals surface area (Å²) in [6, 6.07) is 29.7. The Morgan fingerprint density at radius 3 is 2.39 bits per heavy atom. The van der Waals surface area contributed by atoms with Gasteiger partial charge in [0.1, 0.15) is 5.82 Å². The summed E-state index contributed by atoms with van der Waals surface area (Å²) >= 11 is 1.68. The van der Waals surface area contributed by atoms with E-state index in [1.165, 1.54) is 4.88 Å². The number of carbonyl (C=O) groups is 2. The zero-order valence-electron chi connectivity index (χ0n) is 22.4. The molecule has 3 heterocycles. The molecular formula is C34H27N3O3S. The predicted octanol–water partition coefficient (Wildman–Crippen LogP) is 7.57. The van der Waals surface area contributed by atoms with Crippen LogP contribution in [-0.4, -0.2) is 26.6 Å². The van der Waals surface area contributed by atoms with E-state index in [0.29, 0.717) is 24.3 Å². The van der Waals surface area contributed by atoms with Crippen LogP contribution < -0.4 is 5.32 Å². The number of rotatable bonds is 5. The number of allylic oxidation sites excluding steroid dienone is 2. The van der Waals surface area contributed by atoms with Crippen molar-refractivity contribution in [1.82, 2.24) is 9.78 Å². The first-order valence-electron chi connectivity index (χ1n) is 13.6. The maximum atomic E-state index is 13.9. The Morgan fingerprint density at radius 2 is 1.66 bits per heavy atom. The lowest BCUT2D eigenvalue weighted by molar-refractivity contribution is -0.116. The molecule has 0 saturated carbocycles. The summed E-state index contributed by atoms with van der Waals surface area (Å²) in [7, 11) is 0. The Kier molecular flexibility index (Phi) is 6.16. The third-order valence-corrected chi connectivity index (χ3v) is 9.16. The lowest BCUT2D eigenvalue weighted by Gasteiger charge is -2.35. The Bertz CT molecular complexity index is 1820. The van der Waals surface area contributed by atoms with Gasteiger partial charge in [0, 0.05) is 40.0 Å². The van der Waals surface area contributed by atoms with Gasteiger partial charge in [-0.1, -0.05) is 72.8 Å². The summed E-state index contributed by atoms with van der Waals surface area (Å²) in [6.07, 6.45) is 1.16. The Morgan fingerprint density at radius 1 is 0.927 bits per heavy atom. The maximum Gasteiger partial charge on any atom is 0.337 e. The summed E-state index contributed by atoms with van der Waals surface area (Å²) in [5.41, 5.74) is 7.22. The van der Waals surface area contributed by atoms with Crippen molar-refractivity contribution in [2.45, 2.75) is 31.6 Å². The average Bonchev–Trinajstić information content (AvgIpc) is 3.65. The monoisotopic (exact) mass is 557 g/mol. The number of nitrogens with zero attached hydrogens (tertiary/aromatic N) is 2. The van der Waals surface area contributed by atoms with E-state index in [0.717, 1.165) is 39.2 Å². The highest BCUT2D eigenvalue weighted by Gasteiger charge is 2.41. The number of thiophene rings is 1. The summed E-state index contributed by atoms with van der Waals surface area (Å²) in [4.78, 5) is 27.3. The second kappa shape index (κ2) is 10.0. The molecule has 0 spiro atoms. The third-order valence-electron chi connectivity index (χ3n) is 8.12. The van der Waals surface area contributed by atoms with E-state index in [-0.39, 0.29) is 23.2 Å². The van der Waals surface area contributed by atoms with Crippen molar-refractivity contribution in [3.8, 4) is 16.8 Å². The molecular weight excluding hydrogens is 530 g/mol. The van der Waals surface area contributed by atoms with Crippen LogP contribution in [0.4, 0.5) is 5.82 Å². The van der Waals surface area contributed by atoms with Crippen molar-refractivity contribution in [3.05, 3.63) is 135 Å². The third kappa shape index (κ3) is 4.30. The van der Waals surface area contributed by atoms with Gasteiger partial charge < -0.3 is 10.4 Å². The minimum absolute atomic E-state index is 0.0974. The molecule has 5 aromatic rings. The number of carboxylic acids is 1.